The molecule has 0 aliphatic heterocycles. The van der Waals surface area contributed by atoms with Crippen molar-refractivity contribution in [2.45, 2.75) is 0 Å². The molecule has 0 radical (unpaired) electrons. The normalized spacial score (nSPS) is 9.30. The van der Waals surface area contributed by atoms with Gasteiger partial charge in [0, 0.05) is 10.7 Å². The van der Waals surface area contributed by atoms with E-state index >= 15 is 0 Å². The Morgan fingerprint density at radius 2 is 2.40 bits per heavy atom. The van der Waals surface area contributed by atoms with Crippen LogP contribution < -0.4 is 0 Å². The molecule has 0 fully saturated rings. The largest absolute Gasteiger partial charge is 0.493 e. The molecule has 0 atom stereocenters. The van der Waals surface area contributed by atoms with E-state index in [-0.39, 0.29) is 11.4 Å². The summed E-state index contributed by atoms with van der Waals surface area (Å²) in [5, 5.41) is 8.87. The zero-order valence-electron chi connectivity index (χ0n) is 4.91. The molecule has 0 saturated carbocycles. The molecule has 1 aromatic rings. The standard InChI is InChI=1S/C6H4BrNO2/c7-5-1-4(3-9)6(10)8-2-5/h1-3H,(H,8,10). The molecule has 1 heterocycles. The van der Waals surface area contributed by atoms with Crippen molar-refractivity contribution in [1.29, 1.82) is 0 Å². The number of aromatic nitrogens is 1. The summed E-state index contributed by atoms with van der Waals surface area (Å²) in [4.78, 5) is 13.7. The maximum atomic E-state index is 10.2. The Morgan fingerprint density at radius 3 is 2.90 bits per heavy atom. The molecule has 0 aliphatic rings. The molecule has 0 unspecified atom stereocenters. The van der Waals surface area contributed by atoms with Gasteiger partial charge in [-0.25, -0.2) is 4.98 Å². The van der Waals surface area contributed by atoms with Gasteiger partial charge in [0.25, 0.3) is 0 Å². The van der Waals surface area contributed by atoms with Crippen LogP contribution in [0.2, 0.25) is 0 Å². The Balaban J connectivity index is 3.21. The number of pyridine rings is 1. The molecule has 0 saturated heterocycles. The summed E-state index contributed by atoms with van der Waals surface area (Å²) in [5.74, 6) is -0.238. The quantitative estimate of drug-likeness (QED) is 0.699. The number of hydrogen-bond acceptors (Lipinski definition) is 3. The van der Waals surface area contributed by atoms with Crippen LogP contribution in [0.25, 0.3) is 0 Å². The van der Waals surface area contributed by atoms with E-state index in [1.54, 1.807) is 0 Å². The second-order valence-corrected chi connectivity index (χ2v) is 2.60. The average Bonchev–Trinajstić information content (AvgIpc) is 1.94. The molecule has 0 spiro atoms. The summed E-state index contributed by atoms with van der Waals surface area (Å²) in [7, 11) is 0. The van der Waals surface area contributed by atoms with Crippen LogP contribution >= 0.6 is 15.9 Å². The van der Waals surface area contributed by atoms with Crippen molar-refractivity contribution >= 4 is 22.2 Å². The molecular formula is C6H4BrNO2. The Bertz CT molecular complexity index is 262. The fourth-order valence-corrected chi connectivity index (χ4v) is 0.883. The van der Waals surface area contributed by atoms with Crippen LogP contribution in [0.1, 0.15) is 10.4 Å². The summed E-state index contributed by atoms with van der Waals surface area (Å²) in [5.41, 5.74) is 0.189. The highest BCUT2D eigenvalue weighted by Crippen LogP contribution is 2.15. The van der Waals surface area contributed by atoms with E-state index in [0.29, 0.717) is 10.8 Å². The van der Waals surface area contributed by atoms with Crippen molar-refractivity contribution < 1.29 is 9.90 Å². The summed E-state index contributed by atoms with van der Waals surface area (Å²) in [6, 6.07) is 1.50. The van der Waals surface area contributed by atoms with Gasteiger partial charge < -0.3 is 5.11 Å². The van der Waals surface area contributed by atoms with E-state index in [9.17, 15) is 4.79 Å². The van der Waals surface area contributed by atoms with Crippen LogP contribution in [-0.4, -0.2) is 16.4 Å². The van der Waals surface area contributed by atoms with Crippen molar-refractivity contribution in [2.75, 3.05) is 0 Å². The fourth-order valence-electron chi connectivity index (χ4n) is 0.534. The summed E-state index contributed by atoms with van der Waals surface area (Å²) in [6.07, 6.45) is 1.97. The molecule has 0 aliphatic carbocycles. The van der Waals surface area contributed by atoms with Crippen LogP contribution in [0.5, 0.6) is 5.88 Å². The van der Waals surface area contributed by atoms with Crippen molar-refractivity contribution in [3.8, 4) is 5.88 Å². The molecule has 0 bridgehead atoms. The van der Waals surface area contributed by atoms with Gasteiger partial charge in [-0.15, -0.1) is 0 Å². The van der Waals surface area contributed by atoms with E-state index in [2.05, 4.69) is 20.9 Å². The number of aromatic hydroxyl groups is 1. The van der Waals surface area contributed by atoms with E-state index in [1.807, 2.05) is 0 Å². The van der Waals surface area contributed by atoms with Crippen LogP contribution in [0.15, 0.2) is 16.7 Å². The molecule has 4 heteroatoms. The second kappa shape index (κ2) is 2.79. The SMILES string of the molecule is O=Cc1cc(Br)cnc1O. The third kappa shape index (κ3) is 1.33. The first kappa shape index (κ1) is 7.21. The zero-order chi connectivity index (χ0) is 7.56. The van der Waals surface area contributed by atoms with Crippen LogP contribution in [0.3, 0.4) is 0 Å². The molecule has 3 nitrogen and oxygen atoms in total. The first-order valence-electron chi connectivity index (χ1n) is 2.53. The highest BCUT2D eigenvalue weighted by molar-refractivity contribution is 9.10. The summed E-state index contributed by atoms with van der Waals surface area (Å²) < 4.78 is 0.674. The Morgan fingerprint density at radius 1 is 1.70 bits per heavy atom. The van der Waals surface area contributed by atoms with Crippen LogP contribution in [0.4, 0.5) is 0 Å². The summed E-state index contributed by atoms with van der Waals surface area (Å²) >= 11 is 3.10. The van der Waals surface area contributed by atoms with E-state index in [4.69, 9.17) is 5.11 Å². The van der Waals surface area contributed by atoms with Crippen LogP contribution in [-0.2, 0) is 0 Å². The number of nitrogens with zero attached hydrogens (tertiary/aromatic N) is 1. The lowest BCUT2D eigenvalue weighted by molar-refractivity contribution is 0.112. The molecule has 1 rings (SSSR count). The van der Waals surface area contributed by atoms with Crippen molar-refractivity contribution in [1.82, 2.24) is 4.98 Å². The highest BCUT2D eigenvalue weighted by atomic mass is 79.9. The van der Waals surface area contributed by atoms with Gasteiger partial charge in [-0.1, -0.05) is 0 Å². The van der Waals surface area contributed by atoms with Gasteiger partial charge in [0.2, 0.25) is 5.88 Å². The number of carbonyl (C=O) groups excluding carboxylic acids is 1. The molecule has 1 N–H and O–H groups in total. The molecule has 0 aromatic carbocycles. The van der Waals surface area contributed by atoms with Gasteiger partial charge in [0.15, 0.2) is 6.29 Å². The highest BCUT2D eigenvalue weighted by Gasteiger charge is 1.99. The molecule has 0 amide bonds. The summed E-state index contributed by atoms with van der Waals surface area (Å²) in [6.45, 7) is 0. The van der Waals surface area contributed by atoms with Gasteiger partial charge >= 0.3 is 0 Å². The lowest BCUT2D eigenvalue weighted by Gasteiger charge is -1.93. The minimum absolute atomic E-state index is 0.189. The molecule has 10 heavy (non-hydrogen) atoms. The van der Waals surface area contributed by atoms with Crippen molar-refractivity contribution in [3.63, 3.8) is 0 Å². The maximum Gasteiger partial charge on any atom is 0.221 e. The molecule has 52 valence electrons. The number of rotatable bonds is 1. The van der Waals surface area contributed by atoms with Crippen molar-refractivity contribution in [3.05, 3.63) is 22.3 Å². The van der Waals surface area contributed by atoms with Gasteiger partial charge in [-0.3, -0.25) is 4.79 Å². The lowest BCUT2D eigenvalue weighted by Crippen LogP contribution is -1.83. The van der Waals surface area contributed by atoms with Gasteiger partial charge in [0.1, 0.15) is 0 Å². The third-order valence-corrected chi connectivity index (χ3v) is 1.42. The zero-order valence-corrected chi connectivity index (χ0v) is 6.50. The Labute approximate surface area is 65.8 Å². The molecular weight excluding hydrogens is 198 g/mol. The first-order chi connectivity index (χ1) is 4.74. The van der Waals surface area contributed by atoms with Crippen molar-refractivity contribution in [2.24, 2.45) is 0 Å². The third-order valence-electron chi connectivity index (χ3n) is 0.989. The van der Waals surface area contributed by atoms with E-state index in [1.165, 1.54) is 12.3 Å². The predicted molar refractivity (Wildman–Crippen MR) is 39.0 cm³/mol. The molecule has 1 aromatic heterocycles. The van der Waals surface area contributed by atoms with Gasteiger partial charge in [-0.2, -0.15) is 0 Å². The minimum atomic E-state index is -0.238. The van der Waals surface area contributed by atoms with E-state index < -0.39 is 0 Å². The van der Waals surface area contributed by atoms with E-state index in [0.717, 1.165) is 0 Å². The topological polar surface area (TPSA) is 50.2 Å². The number of aldehydes is 1. The van der Waals surface area contributed by atoms with Gasteiger partial charge in [0.05, 0.1) is 5.56 Å². The number of hydrogen-bond donors (Lipinski definition) is 1. The Kier molecular flexibility index (Phi) is 2.01. The second-order valence-electron chi connectivity index (χ2n) is 1.68. The monoisotopic (exact) mass is 201 g/mol. The minimum Gasteiger partial charge on any atom is -0.493 e. The number of halogens is 1. The Hall–Kier alpha value is -0.900. The van der Waals surface area contributed by atoms with Gasteiger partial charge in [-0.05, 0) is 22.0 Å². The average molecular weight is 202 g/mol. The first-order valence-corrected chi connectivity index (χ1v) is 3.33. The smallest absolute Gasteiger partial charge is 0.221 e. The predicted octanol–water partition coefficient (Wildman–Crippen LogP) is 1.36. The number of carbonyl (C=O) groups is 1. The maximum absolute atomic E-state index is 10.2. The lowest BCUT2D eigenvalue weighted by atomic mass is 10.3. The van der Waals surface area contributed by atoms with Crippen LogP contribution in [0, 0.1) is 0 Å². The fraction of sp³-hybridized carbons (Fsp3) is 0.